The van der Waals surface area contributed by atoms with Gasteiger partial charge in [0.05, 0.1) is 5.56 Å². The summed E-state index contributed by atoms with van der Waals surface area (Å²) in [7, 11) is 0. The van der Waals surface area contributed by atoms with E-state index in [0.717, 1.165) is 5.69 Å². The van der Waals surface area contributed by atoms with Gasteiger partial charge in [0.2, 0.25) is 0 Å². The number of rotatable bonds is 3. The maximum atomic E-state index is 11.6. The number of amides is 3. The second kappa shape index (κ2) is 5.76. The second-order valence-electron chi connectivity index (χ2n) is 3.59. The van der Waals surface area contributed by atoms with Crippen molar-refractivity contribution in [1.29, 1.82) is 0 Å². The van der Waals surface area contributed by atoms with Gasteiger partial charge in [-0.25, -0.2) is 9.59 Å². The van der Waals surface area contributed by atoms with E-state index in [2.05, 4.69) is 4.98 Å². The van der Waals surface area contributed by atoms with Crippen LogP contribution in [0.3, 0.4) is 0 Å². The number of primary amides is 1. The Balaban J connectivity index is 2.62. The van der Waals surface area contributed by atoms with Crippen LogP contribution in [0.1, 0.15) is 23.0 Å². The highest BCUT2D eigenvalue weighted by Gasteiger charge is 2.19. The summed E-state index contributed by atoms with van der Waals surface area (Å²) in [6.07, 6.45) is 0.224. The molecule has 0 aliphatic heterocycles. The van der Waals surface area contributed by atoms with E-state index in [1.165, 1.54) is 19.2 Å². The molecule has 7 nitrogen and oxygen atoms in total. The van der Waals surface area contributed by atoms with Crippen LogP contribution in [0, 0.1) is 6.92 Å². The third-order valence-electron chi connectivity index (χ3n) is 2.05. The summed E-state index contributed by atoms with van der Waals surface area (Å²) < 4.78 is 4.84. The molecule has 3 amide bonds. The minimum atomic E-state index is -1.12. The van der Waals surface area contributed by atoms with Crippen LogP contribution in [0.4, 0.5) is 4.79 Å². The standard InChI is InChI=1S/C11H13N3O4/c1-6-3-4-8(5-13-6)10(16)18-7(2)9(15)14-11(12)17/h3-5,7H,1-2H3,(H3,12,14,15,17)/t7-/m0/s1. The van der Waals surface area contributed by atoms with Crippen LogP contribution < -0.4 is 11.1 Å². The van der Waals surface area contributed by atoms with Crippen LogP contribution in [0.25, 0.3) is 0 Å². The van der Waals surface area contributed by atoms with Crippen molar-refractivity contribution < 1.29 is 19.1 Å². The quantitative estimate of drug-likeness (QED) is 0.741. The summed E-state index contributed by atoms with van der Waals surface area (Å²) in [4.78, 5) is 37.2. The predicted octanol–water partition coefficient (Wildman–Crippen LogP) is 0.130. The van der Waals surface area contributed by atoms with Crippen LogP contribution in [0.5, 0.6) is 0 Å². The van der Waals surface area contributed by atoms with Gasteiger partial charge in [0, 0.05) is 11.9 Å². The van der Waals surface area contributed by atoms with Crippen molar-refractivity contribution in [2.45, 2.75) is 20.0 Å². The lowest BCUT2D eigenvalue weighted by Crippen LogP contribution is -2.42. The number of nitrogens with one attached hydrogen (secondary N) is 1. The molecule has 0 aromatic carbocycles. The highest BCUT2D eigenvalue weighted by Crippen LogP contribution is 2.04. The maximum absolute atomic E-state index is 11.6. The zero-order valence-electron chi connectivity index (χ0n) is 9.97. The monoisotopic (exact) mass is 251 g/mol. The molecule has 0 aliphatic rings. The zero-order valence-corrected chi connectivity index (χ0v) is 9.97. The SMILES string of the molecule is Cc1ccc(C(=O)O[C@@H](C)C(=O)NC(N)=O)cn1. The van der Waals surface area contributed by atoms with E-state index in [-0.39, 0.29) is 5.56 Å². The number of imide groups is 1. The van der Waals surface area contributed by atoms with E-state index < -0.39 is 24.0 Å². The maximum Gasteiger partial charge on any atom is 0.340 e. The Kier molecular flexibility index (Phi) is 4.36. The van der Waals surface area contributed by atoms with Gasteiger partial charge in [0.25, 0.3) is 5.91 Å². The first-order valence-electron chi connectivity index (χ1n) is 5.14. The molecule has 1 aromatic rings. The minimum absolute atomic E-state index is 0.222. The van der Waals surface area contributed by atoms with Crippen LogP contribution in [0.15, 0.2) is 18.3 Å². The Morgan fingerprint density at radius 3 is 2.56 bits per heavy atom. The first kappa shape index (κ1) is 13.6. The summed E-state index contributed by atoms with van der Waals surface area (Å²) in [6.45, 7) is 3.11. The summed E-state index contributed by atoms with van der Waals surface area (Å²) >= 11 is 0. The molecule has 7 heteroatoms. The molecule has 0 unspecified atom stereocenters. The fraction of sp³-hybridized carbons (Fsp3) is 0.273. The molecule has 1 aromatic heterocycles. The number of nitrogens with two attached hydrogens (primary N) is 1. The molecule has 18 heavy (non-hydrogen) atoms. The van der Waals surface area contributed by atoms with Crippen LogP contribution in [0.2, 0.25) is 0 Å². The van der Waals surface area contributed by atoms with Gasteiger partial charge in [-0.2, -0.15) is 0 Å². The predicted molar refractivity (Wildman–Crippen MR) is 61.6 cm³/mol. The average Bonchev–Trinajstić information content (AvgIpc) is 2.28. The molecule has 1 rings (SSSR count). The molecule has 0 aliphatic carbocycles. The molecule has 1 heterocycles. The fourth-order valence-electron chi connectivity index (χ4n) is 1.09. The normalized spacial score (nSPS) is 11.4. The van der Waals surface area contributed by atoms with E-state index in [9.17, 15) is 14.4 Å². The molecule has 0 fully saturated rings. The van der Waals surface area contributed by atoms with Crippen molar-refractivity contribution in [2.75, 3.05) is 0 Å². The Bertz CT molecular complexity index is 470. The topological polar surface area (TPSA) is 111 Å². The molecule has 0 saturated heterocycles. The van der Waals surface area contributed by atoms with Crippen LogP contribution in [-0.4, -0.2) is 29.0 Å². The number of pyridine rings is 1. The molecular formula is C11H13N3O4. The molecule has 0 saturated carbocycles. The van der Waals surface area contributed by atoms with Crippen LogP contribution >= 0.6 is 0 Å². The molecule has 96 valence electrons. The van der Waals surface area contributed by atoms with Crippen molar-refractivity contribution in [3.8, 4) is 0 Å². The average molecular weight is 251 g/mol. The fourth-order valence-corrected chi connectivity index (χ4v) is 1.09. The van der Waals surface area contributed by atoms with E-state index in [0.29, 0.717) is 0 Å². The first-order chi connectivity index (χ1) is 8.40. The van der Waals surface area contributed by atoms with Gasteiger partial charge in [-0.3, -0.25) is 15.1 Å². The first-order valence-corrected chi connectivity index (χ1v) is 5.14. The number of carbonyl (C=O) groups is 3. The summed E-state index contributed by atoms with van der Waals surface area (Å²) in [5.41, 5.74) is 5.75. The molecule has 1 atom stereocenters. The molecule has 0 radical (unpaired) electrons. The smallest absolute Gasteiger partial charge is 0.340 e. The van der Waals surface area contributed by atoms with Crippen molar-refractivity contribution in [3.05, 3.63) is 29.6 Å². The summed E-state index contributed by atoms with van der Waals surface area (Å²) in [6, 6.07) is 2.17. The van der Waals surface area contributed by atoms with E-state index in [4.69, 9.17) is 10.5 Å². The van der Waals surface area contributed by atoms with E-state index in [1.807, 2.05) is 5.32 Å². The Labute approximate surface area is 103 Å². The largest absolute Gasteiger partial charge is 0.449 e. The van der Waals surface area contributed by atoms with Gasteiger partial charge in [0.15, 0.2) is 6.10 Å². The van der Waals surface area contributed by atoms with Crippen LogP contribution in [-0.2, 0) is 9.53 Å². The molecular weight excluding hydrogens is 238 g/mol. The number of hydrogen-bond donors (Lipinski definition) is 2. The van der Waals surface area contributed by atoms with Crippen molar-refractivity contribution >= 4 is 17.9 Å². The summed E-state index contributed by atoms with van der Waals surface area (Å²) in [5.74, 6) is -1.48. The summed E-state index contributed by atoms with van der Waals surface area (Å²) in [5, 5.41) is 1.82. The lowest BCUT2D eigenvalue weighted by Gasteiger charge is -2.11. The Morgan fingerprint density at radius 1 is 1.39 bits per heavy atom. The third-order valence-corrected chi connectivity index (χ3v) is 2.05. The number of nitrogens with zero attached hydrogens (tertiary/aromatic N) is 1. The van der Waals surface area contributed by atoms with Gasteiger partial charge in [-0.15, -0.1) is 0 Å². The highest BCUT2D eigenvalue weighted by atomic mass is 16.5. The minimum Gasteiger partial charge on any atom is -0.449 e. The van der Waals surface area contributed by atoms with Gasteiger partial charge < -0.3 is 10.5 Å². The lowest BCUT2D eigenvalue weighted by molar-refractivity contribution is -0.127. The number of aromatic nitrogens is 1. The van der Waals surface area contributed by atoms with Gasteiger partial charge >= 0.3 is 12.0 Å². The number of carbonyl (C=O) groups excluding carboxylic acids is 3. The Hall–Kier alpha value is -2.44. The lowest BCUT2D eigenvalue weighted by atomic mass is 10.2. The van der Waals surface area contributed by atoms with Crippen molar-refractivity contribution in [3.63, 3.8) is 0 Å². The van der Waals surface area contributed by atoms with E-state index >= 15 is 0 Å². The number of ether oxygens (including phenoxy) is 1. The zero-order chi connectivity index (χ0) is 13.7. The highest BCUT2D eigenvalue weighted by molar-refractivity contribution is 5.97. The number of hydrogen-bond acceptors (Lipinski definition) is 5. The Morgan fingerprint density at radius 2 is 2.06 bits per heavy atom. The van der Waals surface area contributed by atoms with Gasteiger partial charge in [-0.1, -0.05) is 0 Å². The molecule has 0 bridgehead atoms. The number of esters is 1. The van der Waals surface area contributed by atoms with Gasteiger partial charge in [0.1, 0.15) is 0 Å². The number of urea groups is 1. The van der Waals surface area contributed by atoms with Crippen molar-refractivity contribution in [2.24, 2.45) is 5.73 Å². The third kappa shape index (κ3) is 3.85. The van der Waals surface area contributed by atoms with E-state index in [1.54, 1.807) is 13.0 Å². The molecule has 3 N–H and O–H groups in total. The second-order valence-corrected chi connectivity index (χ2v) is 3.59. The van der Waals surface area contributed by atoms with Crippen molar-refractivity contribution in [1.82, 2.24) is 10.3 Å². The van der Waals surface area contributed by atoms with Gasteiger partial charge in [-0.05, 0) is 26.0 Å². The number of aryl methyl sites for hydroxylation is 1. The molecule has 0 spiro atoms.